The van der Waals surface area contributed by atoms with Crippen molar-refractivity contribution in [2.45, 2.75) is 38.4 Å². The van der Waals surface area contributed by atoms with E-state index >= 15 is 0 Å². The molecule has 0 aromatic carbocycles. The number of nitrogens with zero attached hydrogens (tertiary/aromatic N) is 3. The number of nitrogens with two attached hydrogens (primary N) is 1. The Labute approximate surface area is 134 Å². The molecule has 0 atom stereocenters. The molecule has 21 heavy (non-hydrogen) atoms. The highest BCUT2D eigenvalue weighted by atomic mass is 32.2. The Bertz CT molecular complexity index is 650. The van der Waals surface area contributed by atoms with Crippen LogP contribution in [0.2, 0.25) is 0 Å². The molecule has 114 valence electrons. The fraction of sp³-hybridized carbons (Fsp3) is 0.600. The van der Waals surface area contributed by atoms with Gasteiger partial charge in [-0.3, -0.25) is 0 Å². The second-order valence-electron chi connectivity index (χ2n) is 6.04. The number of fused-ring (bicyclic) bond motifs is 1. The molecule has 0 unspecified atom stereocenters. The average molecular weight is 323 g/mol. The van der Waals surface area contributed by atoms with Crippen LogP contribution < -0.4 is 10.6 Å². The van der Waals surface area contributed by atoms with Gasteiger partial charge in [-0.1, -0.05) is 20.8 Å². The van der Waals surface area contributed by atoms with Crippen molar-refractivity contribution in [3.63, 3.8) is 0 Å². The molecule has 3 heterocycles. The van der Waals surface area contributed by atoms with Crippen LogP contribution in [0.4, 0.5) is 11.8 Å². The van der Waals surface area contributed by atoms with E-state index in [1.165, 1.54) is 4.88 Å². The van der Waals surface area contributed by atoms with Gasteiger partial charge in [0.25, 0.3) is 0 Å². The summed E-state index contributed by atoms with van der Waals surface area (Å²) < 4.78 is 0.343. The molecule has 2 aromatic rings. The van der Waals surface area contributed by atoms with Gasteiger partial charge in [0, 0.05) is 28.5 Å². The first-order chi connectivity index (χ1) is 9.98. The Hall–Kier alpha value is -1.01. The molecule has 0 amide bonds. The van der Waals surface area contributed by atoms with Crippen LogP contribution in [0.5, 0.6) is 0 Å². The zero-order chi connectivity index (χ0) is 15.0. The molecule has 0 aliphatic carbocycles. The fourth-order valence-electron chi connectivity index (χ4n) is 2.62. The number of thiophene rings is 1. The first kappa shape index (κ1) is 14.9. The highest BCUT2D eigenvalue weighted by Gasteiger charge is 2.25. The molecule has 1 saturated heterocycles. The number of thioether (sulfide) groups is 1. The van der Waals surface area contributed by atoms with E-state index in [9.17, 15) is 0 Å². The molecule has 1 aliphatic heterocycles. The Morgan fingerprint density at radius 3 is 2.90 bits per heavy atom. The number of aryl methyl sites for hydroxylation is 1. The number of nitrogen functional groups attached to an aromatic ring is 1. The molecular formula is C15H22N4S2. The number of rotatable bonds is 2. The number of hydrogen-bond acceptors (Lipinski definition) is 6. The third-order valence-electron chi connectivity index (χ3n) is 3.93. The van der Waals surface area contributed by atoms with Crippen molar-refractivity contribution in [2.24, 2.45) is 0 Å². The van der Waals surface area contributed by atoms with Crippen molar-refractivity contribution >= 4 is 45.1 Å². The molecule has 0 saturated carbocycles. The predicted octanol–water partition coefficient (Wildman–Crippen LogP) is 3.56. The lowest BCUT2D eigenvalue weighted by Gasteiger charge is -2.24. The Morgan fingerprint density at radius 1 is 1.33 bits per heavy atom. The maximum absolute atomic E-state index is 5.93. The first-order valence-corrected chi connectivity index (χ1v) is 9.23. The van der Waals surface area contributed by atoms with E-state index in [1.807, 2.05) is 11.8 Å². The minimum Gasteiger partial charge on any atom is -0.368 e. The second kappa shape index (κ2) is 5.65. The smallest absolute Gasteiger partial charge is 0.223 e. The van der Waals surface area contributed by atoms with E-state index in [-0.39, 0.29) is 0 Å². The standard InChI is InChI=1S/C15H22N4S2/c1-4-10-9-11-12(17-14(16)18-13(11)21-10)19-6-5-15(2,3)20-8-7-19/h9H,4-8H2,1-3H3,(H2,16,17,18). The summed E-state index contributed by atoms with van der Waals surface area (Å²) in [4.78, 5) is 13.7. The van der Waals surface area contributed by atoms with Crippen LogP contribution in [0.1, 0.15) is 32.1 Å². The van der Waals surface area contributed by atoms with Gasteiger partial charge < -0.3 is 10.6 Å². The van der Waals surface area contributed by atoms with E-state index in [2.05, 4.69) is 41.7 Å². The summed E-state index contributed by atoms with van der Waals surface area (Å²) in [5.41, 5.74) is 5.93. The number of anilines is 2. The minimum atomic E-state index is 0.343. The van der Waals surface area contributed by atoms with Gasteiger partial charge in [-0.05, 0) is 18.9 Å². The summed E-state index contributed by atoms with van der Waals surface area (Å²) in [5, 5.41) is 1.16. The van der Waals surface area contributed by atoms with Gasteiger partial charge in [-0.25, -0.2) is 4.98 Å². The summed E-state index contributed by atoms with van der Waals surface area (Å²) in [6, 6.07) is 2.23. The molecule has 4 nitrogen and oxygen atoms in total. The van der Waals surface area contributed by atoms with Crippen molar-refractivity contribution in [2.75, 3.05) is 29.5 Å². The summed E-state index contributed by atoms with van der Waals surface area (Å²) in [5.74, 6) is 2.54. The molecule has 0 spiro atoms. The van der Waals surface area contributed by atoms with Gasteiger partial charge >= 0.3 is 0 Å². The first-order valence-electron chi connectivity index (χ1n) is 7.43. The Balaban J connectivity index is 2.00. The molecule has 2 aromatic heterocycles. The van der Waals surface area contributed by atoms with E-state index in [0.717, 1.165) is 47.7 Å². The molecule has 0 radical (unpaired) electrons. The largest absolute Gasteiger partial charge is 0.368 e. The predicted molar refractivity (Wildman–Crippen MR) is 94.6 cm³/mol. The van der Waals surface area contributed by atoms with Crippen LogP contribution in [0.25, 0.3) is 10.2 Å². The summed E-state index contributed by atoms with van der Waals surface area (Å²) in [7, 11) is 0. The molecule has 2 N–H and O–H groups in total. The van der Waals surface area contributed by atoms with Crippen LogP contribution >= 0.6 is 23.1 Å². The monoisotopic (exact) mass is 322 g/mol. The normalized spacial score (nSPS) is 18.9. The minimum absolute atomic E-state index is 0.343. The van der Waals surface area contributed by atoms with Crippen molar-refractivity contribution in [1.29, 1.82) is 0 Å². The molecule has 1 aliphatic rings. The van der Waals surface area contributed by atoms with Gasteiger partial charge in [0.2, 0.25) is 5.95 Å². The number of aromatic nitrogens is 2. The van der Waals surface area contributed by atoms with Gasteiger partial charge in [-0.15, -0.1) is 11.3 Å². The molecule has 3 rings (SSSR count). The Kier molecular flexibility index (Phi) is 4.01. The van der Waals surface area contributed by atoms with Crippen molar-refractivity contribution in [1.82, 2.24) is 9.97 Å². The van der Waals surface area contributed by atoms with Gasteiger partial charge in [0.1, 0.15) is 10.6 Å². The van der Waals surface area contributed by atoms with Gasteiger partial charge in [0.05, 0.1) is 5.39 Å². The second-order valence-corrected chi connectivity index (χ2v) is 8.95. The zero-order valence-corrected chi connectivity index (χ0v) is 14.5. The fourth-order valence-corrected chi connectivity index (χ4v) is 4.69. The lowest BCUT2D eigenvalue weighted by atomic mass is 10.1. The van der Waals surface area contributed by atoms with E-state index in [1.54, 1.807) is 11.3 Å². The third kappa shape index (κ3) is 3.11. The SMILES string of the molecule is CCc1cc2c(N3CCSC(C)(C)CC3)nc(N)nc2s1. The van der Waals surface area contributed by atoms with Crippen LogP contribution in [0.15, 0.2) is 6.07 Å². The highest BCUT2D eigenvalue weighted by Crippen LogP contribution is 2.36. The van der Waals surface area contributed by atoms with Crippen LogP contribution in [-0.2, 0) is 6.42 Å². The lowest BCUT2D eigenvalue weighted by molar-refractivity contribution is 0.636. The number of hydrogen-bond donors (Lipinski definition) is 1. The molecule has 6 heteroatoms. The van der Waals surface area contributed by atoms with Crippen LogP contribution in [0.3, 0.4) is 0 Å². The summed E-state index contributed by atoms with van der Waals surface area (Å²) in [6.45, 7) is 8.88. The van der Waals surface area contributed by atoms with Crippen LogP contribution in [-0.4, -0.2) is 33.6 Å². The highest BCUT2D eigenvalue weighted by molar-refractivity contribution is 8.00. The van der Waals surface area contributed by atoms with Crippen LogP contribution in [0, 0.1) is 0 Å². The van der Waals surface area contributed by atoms with E-state index in [0.29, 0.717) is 10.7 Å². The Morgan fingerprint density at radius 2 is 2.14 bits per heavy atom. The van der Waals surface area contributed by atoms with Crippen molar-refractivity contribution in [3.05, 3.63) is 10.9 Å². The van der Waals surface area contributed by atoms with Crippen molar-refractivity contribution in [3.8, 4) is 0 Å². The van der Waals surface area contributed by atoms with Crippen molar-refractivity contribution < 1.29 is 0 Å². The molecular weight excluding hydrogens is 300 g/mol. The molecule has 1 fully saturated rings. The maximum Gasteiger partial charge on any atom is 0.223 e. The summed E-state index contributed by atoms with van der Waals surface area (Å²) in [6.07, 6.45) is 2.19. The average Bonchev–Trinajstić information content (AvgIpc) is 2.75. The van der Waals surface area contributed by atoms with Gasteiger partial charge in [0.15, 0.2) is 0 Å². The quantitative estimate of drug-likeness (QED) is 0.916. The van der Waals surface area contributed by atoms with E-state index < -0.39 is 0 Å². The zero-order valence-electron chi connectivity index (χ0n) is 12.8. The summed E-state index contributed by atoms with van der Waals surface area (Å²) >= 11 is 3.78. The molecule has 0 bridgehead atoms. The third-order valence-corrected chi connectivity index (χ3v) is 6.47. The lowest BCUT2D eigenvalue weighted by Crippen LogP contribution is -2.28. The maximum atomic E-state index is 5.93. The topological polar surface area (TPSA) is 55.0 Å². The van der Waals surface area contributed by atoms with Gasteiger partial charge in [-0.2, -0.15) is 16.7 Å². The van der Waals surface area contributed by atoms with E-state index in [4.69, 9.17) is 5.73 Å².